The molecule has 0 radical (unpaired) electrons. The molecule has 26 heavy (non-hydrogen) atoms. The van der Waals surface area contributed by atoms with Crippen LogP contribution in [0.2, 0.25) is 0 Å². The molecule has 0 bridgehead atoms. The average molecular weight is 355 g/mol. The summed E-state index contributed by atoms with van der Waals surface area (Å²) in [5.74, 6) is 1.07. The molecule has 1 amide bonds. The van der Waals surface area contributed by atoms with E-state index < -0.39 is 0 Å². The number of amides is 1. The maximum absolute atomic E-state index is 12.1. The zero-order chi connectivity index (χ0) is 18.5. The summed E-state index contributed by atoms with van der Waals surface area (Å²) in [6.07, 6.45) is 0.803. The third-order valence-electron chi connectivity index (χ3n) is 4.27. The molecule has 1 heterocycles. The Balaban J connectivity index is 1.50. The quantitative estimate of drug-likeness (QED) is 0.804. The number of benzene rings is 2. The van der Waals surface area contributed by atoms with Crippen LogP contribution < -0.4 is 14.8 Å². The van der Waals surface area contributed by atoms with Crippen LogP contribution in [-0.4, -0.2) is 38.7 Å². The maximum Gasteiger partial charge on any atom is 0.337 e. The number of nitrogens with one attached hydrogen (secondary N) is 1. The van der Waals surface area contributed by atoms with Crippen molar-refractivity contribution in [3.05, 3.63) is 59.2 Å². The minimum absolute atomic E-state index is 0.0648. The van der Waals surface area contributed by atoms with Gasteiger partial charge in [-0.1, -0.05) is 12.1 Å². The standard InChI is InChI=1S/C20H21NO5/c1-24-16-6-3-13(4-7-16)9-19(22)21-12-17-11-15-10-14(20(23)25-2)5-8-18(15)26-17/h3-8,10,17H,9,11-12H2,1-2H3,(H,21,22)/t17-/m0/s1. The summed E-state index contributed by atoms with van der Waals surface area (Å²) in [4.78, 5) is 23.7. The van der Waals surface area contributed by atoms with Crippen LogP contribution in [0.1, 0.15) is 21.5 Å². The van der Waals surface area contributed by atoms with Crippen LogP contribution in [0.25, 0.3) is 0 Å². The van der Waals surface area contributed by atoms with Crippen LogP contribution in [0.4, 0.5) is 0 Å². The van der Waals surface area contributed by atoms with E-state index in [1.165, 1.54) is 7.11 Å². The number of rotatable bonds is 6. The molecule has 1 N–H and O–H groups in total. The smallest absolute Gasteiger partial charge is 0.337 e. The van der Waals surface area contributed by atoms with E-state index in [1.54, 1.807) is 25.3 Å². The normalized spacial score (nSPS) is 14.9. The number of ether oxygens (including phenoxy) is 3. The second-order valence-corrected chi connectivity index (χ2v) is 6.09. The molecule has 3 rings (SSSR count). The minimum atomic E-state index is -0.371. The lowest BCUT2D eigenvalue weighted by Gasteiger charge is -2.12. The first kappa shape index (κ1) is 17.8. The van der Waals surface area contributed by atoms with Gasteiger partial charge in [-0.25, -0.2) is 4.79 Å². The molecule has 0 aliphatic carbocycles. The number of carbonyl (C=O) groups is 2. The molecule has 136 valence electrons. The van der Waals surface area contributed by atoms with Gasteiger partial charge < -0.3 is 19.5 Å². The van der Waals surface area contributed by atoms with Crippen molar-refractivity contribution < 1.29 is 23.8 Å². The van der Waals surface area contributed by atoms with Gasteiger partial charge in [0.1, 0.15) is 17.6 Å². The van der Waals surface area contributed by atoms with E-state index >= 15 is 0 Å². The van der Waals surface area contributed by atoms with Crippen molar-refractivity contribution in [2.45, 2.75) is 18.9 Å². The number of fused-ring (bicyclic) bond motifs is 1. The van der Waals surface area contributed by atoms with Crippen molar-refractivity contribution in [3.63, 3.8) is 0 Å². The number of hydrogen-bond acceptors (Lipinski definition) is 5. The number of methoxy groups -OCH3 is 2. The number of esters is 1. The number of carbonyl (C=O) groups excluding carboxylic acids is 2. The summed E-state index contributed by atoms with van der Waals surface area (Å²) in [6, 6.07) is 12.6. The Kier molecular flexibility index (Phi) is 5.41. The van der Waals surface area contributed by atoms with E-state index in [9.17, 15) is 9.59 Å². The molecule has 2 aromatic carbocycles. The van der Waals surface area contributed by atoms with Crippen LogP contribution in [0.15, 0.2) is 42.5 Å². The van der Waals surface area contributed by atoms with Crippen molar-refractivity contribution in [3.8, 4) is 11.5 Å². The highest BCUT2D eigenvalue weighted by Crippen LogP contribution is 2.29. The van der Waals surface area contributed by atoms with Gasteiger partial charge in [-0.05, 0) is 41.5 Å². The van der Waals surface area contributed by atoms with Crippen LogP contribution >= 0.6 is 0 Å². The molecule has 1 atom stereocenters. The highest BCUT2D eigenvalue weighted by atomic mass is 16.5. The van der Waals surface area contributed by atoms with Gasteiger partial charge in [-0.2, -0.15) is 0 Å². The Bertz CT molecular complexity index is 800. The zero-order valence-electron chi connectivity index (χ0n) is 14.8. The molecule has 0 spiro atoms. The van der Waals surface area contributed by atoms with E-state index in [0.717, 1.165) is 22.6 Å². The van der Waals surface area contributed by atoms with Gasteiger partial charge in [0.15, 0.2) is 0 Å². The van der Waals surface area contributed by atoms with Crippen molar-refractivity contribution in [2.24, 2.45) is 0 Å². The lowest BCUT2D eigenvalue weighted by atomic mass is 10.1. The van der Waals surface area contributed by atoms with Gasteiger partial charge in [0.05, 0.1) is 32.7 Å². The van der Waals surface area contributed by atoms with Crippen molar-refractivity contribution in [1.82, 2.24) is 5.32 Å². The Morgan fingerprint density at radius 1 is 1.15 bits per heavy atom. The molecule has 0 unspecified atom stereocenters. The largest absolute Gasteiger partial charge is 0.497 e. The summed E-state index contributed by atoms with van der Waals surface area (Å²) in [5.41, 5.74) is 2.36. The van der Waals surface area contributed by atoms with Gasteiger partial charge in [0.2, 0.25) is 5.91 Å². The summed E-state index contributed by atoms with van der Waals surface area (Å²) >= 11 is 0. The predicted molar refractivity (Wildman–Crippen MR) is 95.6 cm³/mol. The molecule has 2 aromatic rings. The van der Waals surface area contributed by atoms with Crippen LogP contribution in [0, 0.1) is 0 Å². The van der Waals surface area contributed by atoms with Crippen molar-refractivity contribution in [2.75, 3.05) is 20.8 Å². The maximum atomic E-state index is 12.1. The molecule has 6 nitrogen and oxygen atoms in total. The molecular formula is C20H21NO5. The van der Waals surface area contributed by atoms with Crippen molar-refractivity contribution >= 4 is 11.9 Å². The highest BCUT2D eigenvalue weighted by Gasteiger charge is 2.24. The Hall–Kier alpha value is -3.02. The molecule has 6 heteroatoms. The minimum Gasteiger partial charge on any atom is -0.497 e. The van der Waals surface area contributed by atoms with Gasteiger partial charge in [0, 0.05) is 6.42 Å². The summed E-state index contributed by atoms with van der Waals surface area (Å²) in [5, 5.41) is 2.90. The predicted octanol–water partition coefficient (Wildman–Crippen LogP) is 2.14. The van der Waals surface area contributed by atoms with Crippen LogP contribution in [-0.2, 0) is 22.4 Å². The first-order valence-corrected chi connectivity index (χ1v) is 8.36. The molecular weight excluding hydrogens is 334 g/mol. The monoisotopic (exact) mass is 355 g/mol. The Morgan fingerprint density at radius 3 is 2.62 bits per heavy atom. The van der Waals surface area contributed by atoms with E-state index in [4.69, 9.17) is 14.2 Å². The van der Waals surface area contributed by atoms with Gasteiger partial charge in [0.25, 0.3) is 0 Å². The third-order valence-corrected chi connectivity index (χ3v) is 4.27. The first-order valence-electron chi connectivity index (χ1n) is 8.36. The zero-order valence-corrected chi connectivity index (χ0v) is 14.8. The summed E-state index contributed by atoms with van der Waals surface area (Å²) < 4.78 is 15.7. The van der Waals surface area contributed by atoms with Gasteiger partial charge in [-0.15, -0.1) is 0 Å². The lowest BCUT2D eigenvalue weighted by molar-refractivity contribution is -0.120. The fourth-order valence-corrected chi connectivity index (χ4v) is 2.90. The second-order valence-electron chi connectivity index (χ2n) is 6.09. The molecule has 1 aliphatic heterocycles. The highest BCUT2D eigenvalue weighted by molar-refractivity contribution is 5.89. The van der Waals surface area contributed by atoms with E-state index in [2.05, 4.69) is 5.32 Å². The van der Waals surface area contributed by atoms with Gasteiger partial charge in [-0.3, -0.25) is 4.79 Å². The van der Waals surface area contributed by atoms with Gasteiger partial charge >= 0.3 is 5.97 Å². The molecule has 0 aromatic heterocycles. The Morgan fingerprint density at radius 2 is 1.92 bits per heavy atom. The second kappa shape index (κ2) is 7.91. The fourth-order valence-electron chi connectivity index (χ4n) is 2.90. The van der Waals surface area contributed by atoms with Crippen molar-refractivity contribution in [1.29, 1.82) is 0 Å². The lowest BCUT2D eigenvalue weighted by Crippen LogP contribution is -2.35. The SMILES string of the molecule is COC(=O)c1ccc2c(c1)C[C@@H](CNC(=O)Cc1ccc(OC)cc1)O2. The first-order chi connectivity index (χ1) is 12.6. The fraction of sp³-hybridized carbons (Fsp3) is 0.300. The van der Waals surface area contributed by atoms with E-state index in [0.29, 0.717) is 24.9 Å². The van der Waals surface area contributed by atoms with E-state index in [1.807, 2.05) is 24.3 Å². The number of hydrogen-bond donors (Lipinski definition) is 1. The summed E-state index contributed by atoms with van der Waals surface area (Å²) in [7, 11) is 2.96. The molecule has 0 saturated carbocycles. The third kappa shape index (κ3) is 4.14. The molecule has 0 saturated heterocycles. The topological polar surface area (TPSA) is 73.9 Å². The van der Waals surface area contributed by atoms with Crippen LogP contribution in [0.5, 0.6) is 11.5 Å². The van der Waals surface area contributed by atoms with E-state index in [-0.39, 0.29) is 18.0 Å². The summed E-state index contributed by atoms with van der Waals surface area (Å²) in [6.45, 7) is 0.414. The Labute approximate surface area is 152 Å². The average Bonchev–Trinajstić information content (AvgIpc) is 3.08. The molecule has 0 fully saturated rings. The molecule has 1 aliphatic rings. The van der Waals surface area contributed by atoms with Crippen LogP contribution in [0.3, 0.4) is 0 Å².